The van der Waals surface area contributed by atoms with E-state index in [0.717, 1.165) is 37.0 Å². The van der Waals surface area contributed by atoms with Crippen LogP contribution in [0.1, 0.15) is 37.8 Å². The number of aliphatic imine (C=N–C) groups is 1. The van der Waals surface area contributed by atoms with E-state index in [9.17, 15) is 0 Å². The molecule has 2 aliphatic rings. The maximum Gasteiger partial charge on any atom is 0.191 e. The third kappa shape index (κ3) is 6.49. The molecule has 0 spiro atoms. The van der Waals surface area contributed by atoms with Crippen molar-refractivity contribution in [2.75, 3.05) is 33.3 Å². The number of rotatable bonds is 6. The summed E-state index contributed by atoms with van der Waals surface area (Å²) >= 11 is 0. The Balaban J connectivity index is 0.00000280. The summed E-state index contributed by atoms with van der Waals surface area (Å²) in [6.07, 6.45) is 2.95. The number of benzene rings is 1. The van der Waals surface area contributed by atoms with Crippen molar-refractivity contribution in [1.29, 1.82) is 0 Å². The van der Waals surface area contributed by atoms with Gasteiger partial charge in [-0.2, -0.15) is 0 Å². The first-order chi connectivity index (χ1) is 13.0. The van der Waals surface area contributed by atoms with Gasteiger partial charge in [0.15, 0.2) is 5.96 Å². The summed E-state index contributed by atoms with van der Waals surface area (Å²) in [4.78, 5) is 6.91. The second-order valence-electron chi connectivity index (χ2n) is 7.83. The van der Waals surface area contributed by atoms with E-state index in [1.165, 1.54) is 24.9 Å². The minimum Gasteiger partial charge on any atom is -0.491 e. The molecule has 1 aromatic rings. The van der Waals surface area contributed by atoms with Crippen LogP contribution in [0, 0.1) is 6.92 Å². The number of ether oxygens (including phenoxy) is 2. The molecular weight excluding hydrogens is 467 g/mol. The summed E-state index contributed by atoms with van der Waals surface area (Å²) in [6.45, 7) is 10.7. The van der Waals surface area contributed by atoms with Gasteiger partial charge in [0, 0.05) is 38.3 Å². The summed E-state index contributed by atoms with van der Waals surface area (Å²) in [5, 5.41) is 6.80. The zero-order valence-corrected chi connectivity index (χ0v) is 19.9. The van der Waals surface area contributed by atoms with Gasteiger partial charge in [0.05, 0.1) is 18.8 Å². The predicted molar refractivity (Wildman–Crippen MR) is 125 cm³/mol. The van der Waals surface area contributed by atoms with Gasteiger partial charge >= 0.3 is 0 Å². The van der Waals surface area contributed by atoms with E-state index in [-0.39, 0.29) is 36.2 Å². The van der Waals surface area contributed by atoms with Crippen LogP contribution in [0.4, 0.5) is 0 Å². The largest absolute Gasteiger partial charge is 0.491 e. The van der Waals surface area contributed by atoms with Crippen LogP contribution in [0.15, 0.2) is 23.2 Å². The Bertz CT molecular complexity index is 653. The van der Waals surface area contributed by atoms with E-state index in [4.69, 9.17) is 9.47 Å². The molecule has 0 saturated carbocycles. The molecule has 0 radical (unpaired) electrons. The molecule has 0 aliphatic carbocycles. The molecule has 2 heterocycles. The number of fused-ring (bicyclic) bond motifs is 1. The number of hydrogen-bond donors (Lipinski definition) is 2. The molecule has 0 bridgehead atoms. The molecule has 2 fully saturated rings. The summed E-state index contributed by atoms with van der Waals surface area (Å²) in [7, 11) is 1.80. The monoisotopic (exact) mass is 502 g/mol. The predicted octanol–water partition coefficient (Wildman–Crippen LogP) is 2.93. The molecule has 7 heteroatoms. The minimum absolute atomic E-state index is 0. The quantitative estimate of drug-likeness (QED) is 0.356. The highest BCUT2D eigenvalue weighted by Gasteiger charge is 2.32. The second kappa shape index (κ2) is 11.2. The Morgan fingerprint density at radius 3 is 2.93 bits per heavy atom. The minimum atomic E-state index is 0. The third-order valence-electron chi connectivity index (χ3n) is 5.21. The lowest BCUT2D eigenvalue weighted by atomic mass is 10.1. The Labute approximate surface area is 186 Å². The average molecular weight is 502 g/mol. The number of hydrogen-bond acceptors (Lipinski definition) is 4. The molecule has 3 rings (SSSR count). The summed E-state index contributed by atoms with van der Waals surface area (Å²) in [5.41, 5.74) is 2.33. The van der Waals surface area contributed by atoms with Crippen LogP contribution in [-0.4, -0.2) is 62.4 Å². The highest BCUT2D eigenvalue weighted by atomic mass is 127. The normalized spacial score (nSPS) is 22.5. The lowest BCUT2D eigenvalue weighted by Crippen LogP contribution is -2.51. The van der Waals surface area contributed by atoms with Gasteiger partial charge in [-0.25, -0.2) is 0 Å². The number of nitrogens with one attached hydrogen (secondary N) is 2. The van der Waals surface area contributed by atoms with Crippen molar-refractivity contribution in [3.05, 3.63) is 29.3 Å². The van der Waals surface area contributed by atoms with E-state index in [1.54, 1.807) is 7.05 Å². The molecule has 2 N–H and O–H groups in total. The molecule has 6 nitrogen and oxygen atoms in total. The third-order valence-corrected chi connectivity index (χ3v) is 5.21. The van der Waals surface area contributed by atoms with Crippen LogP contribution in [-0.2, 0) is 11.3 Å². The first-order valence-corrected chi connectivity index (χ1v) is 10.1. The lowest BCUT2D eigenvalue weighted by Gasteiger charge is -2.35. The highest BCUT2D eigenvalue weighted by molar-refractivity contribution is 14.0. The Hall–Kier alpha value is -1.06. The van der Waals surface area contributed by atoms with E-state index in [0.29, 0.717) is 12.6 Å². The lowest BCUT2D eigenvalue weighted by molar-refractivity contribution is -0.0453. The molecule has 28 heavy (non-hydrogen) atoms. The van der Waals surface area contributed by atoms with Gasteiger partial charge in [-0.05, 0) is 51.8 Å². The number of aryl methyl sites for hydroxylation is 1. The number of nitrogens with zero attached hydrogens (tertiary/aromatic N) is 2. The van der Waals surface area contributed by atoms with Crippen LogP contribution >= 0.6 is 24.0 Å². The van der Waals surface area contributed by atoms with E-state index >= 15 is 0 Å². The van der Waals surface area contributed by atoms with Crippen molar-refractivity contribution in [3.8, 4) is 5.75 Å². The van der Waals surface area contributed by atoms with Crippen molar-refractivity contribution < 1.29 is 9.47 Å². The van der Waals surface area contributed by atoms with Crippen LogP contribution < -0.4 is 15.4 Å². The Morgan fingerprint density at radius 2 is 2.18 bits per heavy atom. The number of morpholine rings is 1. The van der Waals surface area contributed by atoms with E-state index < -0.39 is 0 Å². The molecule has 0 aromatic heterocycles. The van der Waals surface area contributed by atoms with Crippen LogP contribution in [0.25, 0.3) is 0 Å². The fraction of sp³-hybridized carbons (Fsp3) is 0.667. The molecule has 2 atom stereocenters. The maximum atomic E-state index is 6.02. The van der Waals surface area contributed by atoms with Gasteiger partial charge in [0.25, 0.3) is 0 Å². The molecule has 2 aliphatic heterocycles. The SMILES string of the molecule is CN=C(NCc1ccc(C)cc1OC(C)C)NCC1CN2CCCC2CO1.I. The van der Waals surface area contributed by atoms with Gasteiger partial charge < -0.3 is 20.1 Å². The Kier molecular flexibility index (Phi) is 9.30. The van der Waals surface area contributed by atoms with Crippen LogP contribution in [0.2, 0.25) is 0 Å². The number of halogens is 1. The van der Waals surface area contributed by atoms with Crippen LogP contribution in [0.5, 0.6) is 5.75 Å². The van der Waals surface area contributed by atoms with Crippen molar-refractivity contribution in [2.24, 2.45) is 4.99 Å². The van der Waals surface area contributed by atoms with Gasteiger partial charge in [-0.15, -0.1) is 24.0 Å². The summed E-state index contributed by atoms with van der Waals surface area (Å²) in [6, 6.07) is 6.96. The van der Waals surface area contributed by atoms with Crippen molar-refractivity contribution in [2.45, 2.75) is 58.4 Å². The van der Waals surface area contributed by atoms with Gasteiger partial charge in [-0.1, -0.05) is 12.1 Å². The highest BCUT2D eigenvalue weighted by Crippen LogP contribution is 2.23. The molecular formula is C21H35IN4O2. The zero-order chi connectivity index (χ0) is 19.2. The van der Waals surface area contributed by atoms with Crippen molar-refractivity contribution in [1.82, 2.24) is 15.5 Å². The molecule has 2 saturated heterocycles. The van der Waals surface area contributed by atoms with Gasteiger partial charge in [-0.3, -0.25) is 9.89 Å². The topological polar surface area (TPSA) is 58.1 Å². The fourth-order valence-electron chi connectivity index (χ4n) is 3.79. The first-order valence-electron chi connectivity index (χ1n) is 10.1. The fourth-order valence-corrected chi connectivity index (χ4v) is 3.79. The number of guanidine groups is 1. The van der Waals surface area contributed by atoms with Crippen molar-refractivity contribution in [3.63, 3.8) is 0 Å². The maximum absolute atomic E-state index is 6.02. The molecule has 1 aromatic carbocycles. The average Bonchev–Trinajstić information content (AvgIpc) is 3.10. The first kappa shape index (κ1) is 23.2. The van der Waals surface area contributed by atoms with E-state index in [2.05, 4.69) is 59.5 Å². The summed E-state index contributed by atoms with van der Waals surface area (Å²) < 4.78 is 12.0. The van der Waals surface area contributed by atoms with Gasteiger partial charge in [0.1, 0.15) is 5.75 Å². The smallest absolute Gasteiger partial charge is 0.191 e. The zero-order valence-electron chi connectivity index (χ0n) is 17.5. The second-order valence-corrected chi connectivity index (χ2v) is 7.83. The summed E-state index contributed by atoms with van der Waals surface area (Å²) in [5.74, 6) is 1.72. The molecule has 2 unspecified atom stereocenters. The standard InChI is InChI=1S/C21H34N4O2.HI/c1-15(2)27-20-10-16(3)7-8-17(20)11-23-21(22-4)24-12-19-13-25-9-5-6-18(25)14-26-19;/h7-8,10,15,18-19H,5-6,9,11-14H2,1-4H3,(H2,22,23,24);1H. The molecule has 158 valence electrons. The van der Waals surface area contributed by atoms with Crippen LogP contribution in [0.3, 0.4) is 0 Å². The van der Waals surface area contributed by atoms with Crippen molar-refractivity contribution >= 4 is 29.9 Å². The molecule has 0 amide bonds. The van der Waals surface area contributed by atoms with Gasteiger partial charge in [0.2, 0.25) is 0 Å². The van der Waals surface area contributed by atoms with E-state index in [1.807, 2.05) is 0 Å². The Morgan fingerprint density at radius 1 is 1.36 bits per heavy atom.